The van der Waals surface area contributed by atoms with Crippen LogP contribution < -0.4 is 20.5 Å². The lowest BCUT2D eigenvalue weighted by molar-refractivity contribution is -0.118. The first-order valence-electron chi connectivity index (χ1n) is 9.80. The Labute approximate surface area is 173 Å². The number of nitriles is 1. The standard InChI is InChI=1S/C23H18N4O3/c1-12-3-2-4-15-20(12)26-22(28)23(15)9-17-14-8-19-18(29-11-30-19)7-13(14)5-6-27(17)21(25)16(23)10-24/h2-4,7-9H,5-6,11,25H2,1H3,(H,26,28). The number of rotatable bonds is 0. The highest BCUT2D eigenvalue weighted by molar-refractivity contribution is 6.13. The fourth-order valence-corrected chi connectivity index (χ4v) is 4.98. The second-order valence-corrected chi connectivity index (χ2v) is 7.93. The molecule has 4 aliphatic heterocycles. The number of para-hydroxylation sites is 1. The van der Waals surface area contributed by atoms with Crippen molar-refractivity contribution in [1.29, 1.82) is 5.26 Å². The largest absolute Gasteiger partial charge is 0.454 e. The summed E-state index contributed by atoms with van der Waals surface area (Å²) < 4.78 is 11.1. The normalized spacial score (nSPS) is 22.9. The van der Waals surface area contributed by atoms with Gasteiger partial charge < -0.3 is 25.4 Å². The third-order valence-corrected chi connectivity index (χ3v) is 6.47. The maximum absolute atomic E-state index is 13.4. The van der Waals surface area contributed by atoms with Gasteiger partial charge in [0, 0.05) is 29.1 Å². The number of nitrogens with zero attached hydrogens (tertiary/aromatic N) is 2. The summed E-state index contributed by atoms with van der Waals surface area (Å²) in [6.45, 7) is 2.75. The van der Waals surface area contributed by atoms with Crippen molar-refractivity contribution < 1.29 is 14.3 Å². The summed E-state index contributed by atoms with van der Waals surface area (Å²) in [6, 6.07) is 11.9. The quantitative estimate of drug-likeness (QED) is 0.707. The number of aryl methyl sites for hydroxylation is 1. The highest BCUT2D eigenvalue weighted by Crippen LogP contribution is 2.52. The summed E-state index contributed by atoms with van der Waals surface area (Å²) in [4.78, 5) is 15.3. The molecule has 0 saturated heterocycles. The number of hydrogen-bond donors (Lipinski definition) is 2. The summed E-state index contributed by atoms with van der Waals surface area (Å²) in [5, 5.41) is 13.0. The molecule has 2 aromatic carbocycles. The summed E-state index contributed by atoms with van der Waals surface area (Å²) in [5.41, 5.74) is 10.9. The van der Waals surface area contributed by atoms with Gasteiger partial charge in [0.1, 0.15) is 17.3 Å². The lowest BCUT2D eigenvalue weighted by atomic mass is 9.71. The van der Waals surface area contributed by atoms with Crippen LogP contribution in [0, 0.1) is 18.3 Å². The number of carbonyl (C=O) groups excluding carboxylic acids is 1. The van der Waals surface area contributed by atoms with E-state index in [1.807, 2.05) is 48.2 Å². The minimum absolute atomic E-state index is 0.195. The van der Waals surface area contributed by atoms with E-state index in [1.165, 1.54) is 0 Å². The van der Waals surface area contributed by atoms with E-state index in [2.05, 4.69) is 11.4 Å². The lowest BCUT2D eigenvalue weighted by Crippen LogP contribution is -2.45. The van der Waals surface area contributed by atoms with Gasteiger partial charge in [0.05, 0.1) is 5.57 Å². The molecule has 2 aromatic rings. The molecule has 148 valence electrons. The second kappa shape index (κ2) is 5.57. The Bertz CT molecular complexity index is 1270. The maximum Gasteiger partial charge on any atom is 0.244 e. The van der Waals surface area contributed by atoms with Crippen LogP contribution in [0.1, 0.15) is 22.3 Å². The minimum atomic E-state index is -1.25. The molecule has 1 atom stereocenters. The van der Waals surface area contributed by atoms with Crippen LogP contribution in [-0.4, -0.2) is 24.1 Å². The van der Waals surface area contributed by atoms with Gasteiger partial charge in [-0.25, -0.2) is 0 Å². The summed E-state index contributed by atoms with van der Waals surface area (Å²) >= 11 is 0. The first kappa shape index (κ1) is 17.0. The molecule has 6 rings (SSSR count). The van der Waals surface area contributed by atoms with Crippen LogP contribution in [0.15, 0.2) is 47.8 Å². The average Bonchev–Trinajstić information content (AvgIpc) is 3.30. The molecule has 0 saturated carbocycles. The second-order valence-electron chi connectivity index (χ2n) is 7.93. The molecule has 4 aliphatic rings. The van der Waals surface area contributed by atoms with Gasteiger partial charge in [0.25, 0.3) is 0 Å². The van der Waals surface area contributed by atoms with Crippen molar-refractivity contribution in [1.82, 2.24) is 4.90 Å². The van der Waals surface area contributed by atoms with Gasteiger partial charge >= 0.3 is 0 Å². The van der Waals surface area contributed by atoms with E-state index < -0.39 is 5.41 Å². The van der Waals surface area contributed by atoms with E-state index in [0.29, 0.717) is 18.1 Å². The van der Waals surface area contributed by atoms with E-state index in [-0.39, 0.29) is 18.3 Å². The van der Waals surface area contributed by atoms with Crippen LogP contribution in [0.25, 0.3) is 5.70 Å². The molecule has 1 amide bonds. The first-order chi connectivity index (χ1) is 14.5. The molecule has 0 aromatic heterocycles. The highest BCUT2D eigenvalue weighted by Gasteiger charge is 2.53. The third kappa shape index (κ3) is 1.90. The first-order valence-corrected chi connectivity index (χ1v) is 9.80. The molecule has 0 bridgehead atoms. The van der Waals surface area contributed by atoms with Crippen molar-refractivity contribution in [2.75, 3.05) is 18.7 Å². The molecule has 0 aliphatic carbocycles. The molecule has 7 nitrogen and oxygen atoms in total. The molecule has 0 radical (unpaired) electrons. The van der Waals surface area contributed by atoms with E-state index >= 15 is 0 Å². The Morgan fingerprint density at radius 1 is 1.27 bits per heavy atom. The lowest BCUT2D eigenvalue weighted by Gasteiger charge is -2.41. The Hall–Kier alpha value is -3.92. The number of nitrogens with one attached hydrogen (secondary N) is 1. The molecular weight excluding hydrogens is 380 g/mol. The Morgan fingerprint density at radius 2 is 2.07 bits per heavy atom. The minimum Gasteiger partial charge on any atom is -0.454 e. The van der Waals surface area contributed by atoms with Gasteiger partial charge in [-0.15, -0.1) is 0 Å². The monoisotopic (exact) mass is 398 g/mol. The van der Waals surface area contributed by atoms with Crippen molar-refractivity contribution in [3.05, 3.63) is 70.1 Å². The molecule has 3 N–H and O–H groups in total. The zero-order valence-electron chi connectivity index (χ0n) is 16.3. The predicted octanol–water partition coefficient (Wildman–Crippen LogP) is 2.52. The summed E-state index contributed by atoms with van der Waals surface area (Å²) in [5.74, 6) is 1.47. The number of ether oxygens (including phenoxy) is 2. The molecule has 4 heterocycles. The fraction of sp³-hybridized carbons (Fsp3) is 0.217. The Balaban J connectivity index is 1.65. The van der Waals surface area contributed by atoms with Crippen LogP contribution in [0.4, 0.5) is 5.69 Å². The van der Waals surface area contributed by atoms with E-state index in [0.717, 1.165) is 45.8 Å². The number of hydrogen-bond acceptors (Lipinski definition) is 6. The number of amides is 1. The topological polar surface area (TPSA) is 101 Å². The fourth-order valence-electron chi connectivity index (χ4n) is 4.98. The third-order valence-electron chi connectivity index (χ3n) is 6.47. The van der Waals surface area contributed by atoms with Crippen LogP contribution in [0.2, 0.25) is 0 Å². The summed E-state index contributed by atoms with van der Waals surface area (Å²) in [7, 11) is 0. The molecular formula is C23H18N4O3. The van der Waals surface area contributed by atoms with Gasteiger partial charge in [-0.1, -0.05) is 18.2 Å². The van der Waals surface area contributed by atoms with Crippen LogP contribution >= 0.6 is 0 Å². The van der Waals surface area contributed by atoms with Gasteiger partial charge in [0.15, 0.2) is 11.5 Å². The number of anilines is 1. The Morgan fingerprint density at radius 3 is 2.87 bits per heavy atom. The van der Waals surface area contributed by atoms with Crippen molar-refractivity contribution in [3.8, 4) is 17.6 Å². The average molecular weight is 398 g/mol. The van der Waals surface area contributed by atoms with Gasteiger partial charge in [-0.05, 0) is 42.7 Å². The molecule has 1 unspecified atom stereocenters. The van der Waals surface area contributed by atoms with Crippen molar-refractivity contribution in [3.63, 3.8) is 0 Å². The van der Waals surface area contributed by atoms with Gasteiger partial charge in [0.2, 0.25) is 12.7 Å². The zero-order valence-corrected chi connectivity index (χ0v) is 16.3. The summed E-state index contributed by atoms with van der Waals surface area (Å²) in [6.07, 6.45) is 2.64. The number of fused-ring (bicyclic) bond motifs is 6. The molecule has 7 heteroatoms. The van der Waals surface area contributed by atoms with Crippen LogP contribution in [0.3, 0.4) is 0 Å². The number of nitrogens with two attached hydrogens (primary N) is 1. The van der Waals surface area contributed by atoms with E-state index in [9.17, 15) is 10.1 Å². The van der Waals surface area contributed by atoms with E-state index in [1.54, 1.807) is 0 Å². The predicted molar refractivity (Wildman–Crippen MR) is 109 cm³/mol. The SMILES string of the molecule is Cc1cccc2c1NC(=O)C21C=C2c3cc4c(cc3CCN2C(N)=C1C#N)OCO4. The zero-order chi connectivity index (χ0) is 20.6. The highest BCUT2D eigenvalue weighted by atomic mass is 16.7. The molecule has 0 fully saturated rings. The van der Waals surface area contributed by atoms with Gasteiger partial charge in [-0.2, -0.15) is 5.26 Å². The van der Waals surface area contributed by atoms with E-state index in [4.69, 9.17) is 15.2 Å². The van der Waals surface area contributed by atoms with Crippen molar-refractivity contribution in [2.45, 2.75) is 18.8 Å². The van der Waals surface area contributed by atoms with Crippen LogP contribution in [0.5, 0.6) is 11.5 Å². The van der Waals surface area contributed by atoms with Crippen molar-refractivity contribution >= 4 is 17.3 Å². The smallest absolute Gasteiger partial charge is 0.244 e. The van der Waals surface area contributed by atoms with Crippen molar-refractivity contribution in [2.24, 2.45) is 5.73 Å². The van der Waals surface area contributed by atoms with Crippen LogP contribution in [-0.2, 0) is 16.6 Å². The number of benzene rings is 2. The Kier molecular flexibility index (Phi) is 3.16. The van der Waals surface area contributed by atoms with Gasteiger partial charge in [-0.3, -0.25) is 4.79 Å². The maximum atomic E-state index is 13.4. The molecule has 1 spiro atoms. The number of carbonyl (C=O) groups is 1. The molecule has 30 heavy (non-hydrogen) atoms.